The van der Waals surface area contributed by atoms with Crippen LogP contribution in [0.15, 0.2) is 0 Å². The second-order valence-electron chi connectivity index (χ2n) is 6.11. The molecule has 15 heavy (non-hydrogen) atoms. The summed E-state index contributed by atoms with van der Waals surface area (Å²) in [5.74, 6) is 0. The van der Waals surface area contributed by atoms with Crippen molar-refractivity contribution in [2.24, 2.45) is 5.41 Å². The predicted molar refractivity (Wildman–Crippen MR) is 63.0 cm³/mol. The van der Waals surface area contributed by atoms with Crippen molar-refractivity contribution in [3.63, 3.8) is 0 Å². The zero-order valence-corrected chi connectivity index (χ0v) is 10.5. The Bertz CT molecular complexity index is 203. The largest absolute Gasteiger partial charge is 0.381 e. The van der Waals surface area contributed by atoms with Crippen LogP contribution in [0, 0.1) is 5.41 Å². The van der Waals surface area contributed by atoms with Crippen LogP contribution in [0.3, 0.4) is 0 Å². The van der Waals surface area contributed by atoms with E-state index in [2.05, 4.69) is 25.7 Å². The maximum Gasteiger partial charge on any atom is 0.0480 e. The number of nitrogens with zero attached hydrogens (tertiary/aromatic N) is 1. The molecule has 2 aliphatic rings. The van der Waals surface area contributed by atoms with Crippen LogP contribution in [-0.2, 0) is 4.74 Å². The van der Waals surface area contributed by atoms with E-state index < -0.39 is 0 Å². The molecule has 0 spiro atoms. The first-order valence-electron chi connectivity index (χ1n) is 6.42. The highest BCUT2D eigenvalue weighted by atomic mass is 16.5. The lowest BCUT2D eigenvalue weighted by Crippen LogP contribution is -2.47. The summed E-state index contributed by atoms with van der Waals surface area (Å²) in [7, 11) is 0. The van der Waals surface area contributed by atoms with E-state index in [1.165, 1.54) is 32.2 Å². The summed E-state index contributed by atoms with van der Waals surface area (Å²) in [6.07, 6.45) is 5.26. The standard InChI is InChI=1S/C13H25NO/c1-13(2,3)12-5-4-8-14(12)11-6-9-15-10-7-11/h11-12H,4-10H2,1-3H3. The Hall–Kier alpha value is -0.0800. The summed E-state index contributed by atoms with van der Waals surface area (Å²) in [4.78, 5) is 2.77. The highest BCUT2D eigenvalue weighted by Gasteiger charge is 2.37. The van der Waals surface area contributed by atoms with Crippen LogP contribution in [0.2, 0.25) is 0 Å². The van der Waals surface area contributed by atoms with E-state index >= 15 is 0 Å². The normalized spacial score (nSPS) is 31.0. The van der Waals surface area contributed by atoms with Gasteiger partial charge < -0.3 is 4.74 Å². The van der Waals surface area contributed by atoms with Gasteiger partial charge in [-0.1, -0.05) is 20.8 Å². The number of likely N-dealkylation sites (tertiary alicyclic amines) is 1. The molecule has 2 heterocycles. The fraction of sp³-hybridized carbons (Fsp3) is 1.00. The SMILES string of the molecule is CC(C)(C)C1CCCN1C1CCOCC1. The lowest BCUT2D eigenvalue weighted by molar-refractivity contribution is 0.00975. The van der Waals surface area contributed by atoms with E-state index in [4.69, 9.17) is 4.74 Å². The summed E-state index contributed by atoms with van der Waals surface area (Å²) in [6, 6.07) is 1.59. The summed E-state index contributed by atoms with van der Waals surface area (Å²) in [5, 5.41) is 0. The maximum absolute atomic E-state index is 5.45. The first-order valence-corrected chi connectivity index (χ1v) is 6.42. The van der Waals surface area contributed by atoms with Crippen molar-refractivity contribution < 1.29 is 4.74 Å². The molecule has 0 aromatic heterocycles. The van der Waals surface area contributed by atoms with Crippen molar-refractivity contribution in [1.29, 1.82) is 0 Å². The summed E-state index contributed by atoms with van der Waals surface area (Å²) < 4.78 is 5.45. The molecule has 0 saturated carbocycles. The predicted octanol–water partition coefficient (Wildman–Crippen LogP) is 2.68. The number of ether oxygens (including phenoxy) is 1. The fourth-order valence-corrected chi connectivity index (χ4v) is 3.17. The Morgan fingerprint density at radius 2 is 1.73 bits per heavy atom. The maximum atomic E-state index is 5.45. The van der Waals surface area contributed by atoms with Crippen LogP contribution in [0.1, 0.15) is 46.5 Å². The third kappa shape index (κ3) is 2.54. The molecule has 2 heteroatoms. The second kappa shape index (κ2) is 4.42. The molecule has 0 bridgehead atoms. The third-order valence-corrected chi connectivity index (χ3v) is 3.95. The Kier molecular flexibility index (Phi) is 3.36. The molecule has 0 N–H and O–H groups in total. The molecule has 2 aliphatic heterocycles. The third-order valence-electron chi connectivity index (χ3n) is 3.95. The fourth-order valence-electron chi connectivity index (χ4n) is 3.17. The molecule has 0 radical (unpaired) electrons. The molecule has 2 rings (SSSR count). The van der Waals surface area contributed by atoms with Gasteiger partial charge in [-0.3, -0.25) is 4.90 Å². The molecule has 2 fully saturated rings. The van der Waals surface area contributed by atoms with Gasteiger partial charge in [-0.25, -0.2) is 0 Å². The average Bonchev–Trinajstić information content (AvgIpc) is 2.67. The van der Waals surface area contributed by atoms with Gasteiger partial charge in [-0.2, -0.15) is 0 Å². The lowest BCUT2D eigenvalue weighted by Gasteiger charge is -2.41. The van der Waals surface area contributed by atoms with Crippen molar-refractivity contribution in [1.82, 2.24) is 4.90 Å². The molecule has 88 valence electrons. The van der Waals surface area contributed by atoms with E-state index in [1.54, 1.807) is 0 Å². The van der Waals surface area contributed by atoms with Crippen molar-refractivity contribution in [3.05, 3.63) is 0 Å². The Morgan fingerprint density at radius 1 is 1.07 bits per heavy atom. The van der Waals surface area contributed by atoms with Gasteiger partial charge in [-0.05, 0) is 37.6 Å². The van der Waals surface area contributed by atoms with Gasteiger partial charge in [0.25, 0.3) is 0 Å². The van der Waals surface area contributed by atoms with E-state index in [1.807, 2.05) is 0 Å². The zero-order valence-electron chi connectivity index (χ0n) is 10.5. The van der Waals surface area contributed by atoms with Crippen LogP contribution in [0.4, 0.5) is 0 Å². The smallest absolute Gasteiger partial charge is 0.0480 e. The van der Waals surface area contributed by atoms with Gasteiger partial charge in [-0.15, -0.1) is 0 Å². The summed E-state index contributed by atoms with van der Waals surface area (Å²) in [6.45, 7) is 10.4. The topological polar surface area (TPSA) is 12.5 Å². The summed E-state index contributed by atoms with van der Waals surface area (Å²) >= 11 is 0. The molecule has 1 atom stereocenters. The minimum absolute atomic E-state index is 0.439. The van der Waals surface area contributed by atoms with Crippen LogP contribution in [0.5, 0.6) is 0 Å². The van der Waals surface area contributed by atoms with Gasteiger partial charge in [0, 0.05) is 25.3 Å². The first kappa shape index (κ1) is 11.4. The van der Waals surface area contributed by atoms with Gasteiger partial charge in [0.2, 0.25) is 0 Å². The minimum Gasteiger partial charge on any atom is -0.381 e. The first-order chi connectivity index (χ1) is 7.09. The highest BCUT2D eigenvalue weighted by Crippen LogP contribution is 2.35. The minimum atomic E-state index is 0.439. The molecule has 0 aromatic carbocycles. The second-order valence-corrected chi connectivity index (χ2v) is 6.11. The number of rotatable bonds is 1. The molecule has 0 aliphatic carbocycles. The molecule has 2 saturated heterocycles. The van der Waals surface area contributed by atoms with Gasteiger partial charge in [0.1, 0.15) is 0 Å². The van der Waals surface area contributed by atoms with Gasteiger partial charge in [0.15, 0.2) is 0 Å². The van der Waals surface area contributed by atoms with Crippen LogP contribution >= 0.6 is 0 Å². The van der Waals surface area contributed by atoms with Crippen molar-refractivity contribution in [2.45, 2.75) is 58.5 Å². The van der Waals surface area contributed by atoms with Crippen molar-refractivity contribution >= 4 is 0 Å². The van der Waals surface area contributed by atoms with Crippen molar-refractivity contribution in [3.8, 4) is 0 Å². The molecule has 0 aromatic rings. The molecular formula is C13H25NO. The molecule has 0 amide bonds. The van der Waals surface area contributed by atoms with Crippen LogP contribution < -0.4 is 0 Å². The lowest BCUT2D eigenvalue weighted by atomic mass is 9.84. The Morgan fingerprint density at radius 3 is 2.33 bits per heavy atom. The van der Waals surface area contributed by atoms with Gasteiger partial charge >= 0.3 is 0 Å². The highest BCUT2D eigenvalue weighted by molar-refractivity contribution is 4.92. The monoisotopic (exact) mass is 211 g/mol. The summed E-state index contributed by atoms with van der Waals surface area (Å²) in [5.41, 5.74) is 0.439. The van der Waals surface area contributed by atoms with Crippen molar-refractivity contribution in [2.75, 3.05) is 19.8 Å². The van der Waals surface area contributed by atoms with Gasteiger partial charge in [0.05, 0.1) is 0 Å². The van der Waals surface area contributed by atoms with Crippen LogP contribution in [0.25, 0.3) is 0 Å². The van der Waals surface area contributed by atoms with E-state index in [9.17, 15) is 0 Å². The van der Waals surface area contributed by atoms with E-state index in [0.717, 1.165) is 25.3 Å². The van der Waals surface area contributed by atoms with Crippen LogP contribution in [-0.4, -0.2) is 36.7 Å². The Labute approximate surface area is 94.0 Å². The van der Waals surface area contributed by atoms with E-state index in [-0.39, 0.29) is 0 Å². The Balaban J connectivity index is 2.00. The molecule has 2 nitrogen and oxygen atoms in total. The number of hydrogen-bond donors (Lipinski definition) is 0. The molecular weight excluding hydrogens is 186 g/mol. The van der Waals surface area contributed by atoms with E-state index in [0.29, 0.717) is 5.41 Å². The average molecular weight is 211 g/mol. The zero-order chi connectivity index (χ0) is 10.9. The quantitative estimate of drug-likeness (QED) is 0.661. The number of hydrogen-bond acceptors (Lipinski definition) is 2. The molecule has 1 unspecified atom stereocenters.